The number of nitrogens with one attached hydrogen (secondary N) is 1. The van der Waals surface area contributed by atoms with Crippen LogP contribution in [0.3, 0.4) is 0 Å². The van der Waals surface area contributed by atoms with Crippen LogP contribution >= 0.6 is 11.8 Å². The highest BCUT2D eigenvalue weighted by atomic mass is 32.2. The Balaban J connectivity index is 2.36. The molecular formula is C14H30N2S. The van der Waals surface area contributed by atoms with Gasteiger partial charge in [0, 0.05) is 31.2 Å². The molecule has 0 aromatic rings. The molecule has 0 saturated carbocycles. The standard InChI is InChI=1S/C14H30N2S/c1-5-7-14-11-16(13(4)10-15-14)12(3)8-9-17-6-2/h12-15H,5-11H2,1-4H3. The summed E-state index contributed by atoms with van der Waals surface area (Å²) in [7, 11) is 0. The zero-order valence-electron chi connectivity index (χ0n) is 12.0. The third-order valence-corrected chi connectivity index (χ3v) is 4.72. The molecule has 1 N–H and O–H groups in total. The van der Waals surface area contributed by atoms with Gasteiger partial charge in [-0.3, -0.25) is 4.90 Å². The molecule has 3 atom stereocenters. The first kappa shape index (κ1) is 15.3. The number of thioether (sulfide) groups is 1. The average molecular weight is 258 g/mol. The van der Waals surface area contributed by atoms with E-state index in [0.717, 1.165) is 18.6 Å². The molecule has 3 heteroatoms. The van der Waals surface area contributed by atoms with Crippen molar-refractivity contribution in [2.45, 2.75) is 65.1 Å². The maximum atomic E-state index is 3.68. The molecule has 2 nitrogen and oxygen atoms in total. The van der Waals surface area contributed by atoms with E-state index in [2.05, 4.69) is 49.7 Å². The Morgan fingerprint density at radius 3 is 2.82 bits per heavy atom. The normalized spacial score (nSPS) is 28.2. The lowest BCUT2D eigenvalue weighted by Gasteiger charge is -2.42. The smallest absolute Gasteiger partial charge is 0.0195 e. The van der Waals surface area contributed by atoms with Crippen LogP contribution in [0.1, 0.15) is 47.0 Å². The first-order chi connectivity index (χ1) is 8.19. The van der Waals surface area contributed by atoms with E-state index in [1.54, 1.807) is 0 Å². The molecule has 102 valence electrons. The molecule has 1 saturated heterocycles. The van der Waals surface area contributed by atoms with Gasteiger partial charge in [0.15, 0.2) is 0 Å². The SMILES string of the molecule is CCCC1CN(C(C)CCSCC)C(C)CN1. The van der Waals surface area contributed by atoms with Crippen LogP contribution in [0.25, 0.3) is 0 Å². The molecule has 1 rings (SSSR count). The summed E-state index contributed by atoms with van der Waals surface area (Å²) in [6, 6.07) is 2.16. The summed E-state index contributed by atoms with van der Waals surface area (Å²) < 4.78 is 0. The Morgan fingerprint density at radius 2 is 2.18 bits per heavy atom. The zero-order valence-corrected chi connectivity index (χ0v) is 12.9. The van der Waals surface area contributed by atoms with Crippen LogP contribution in [0.4, 0.5) is 0 Å². The first-order valence-corrected chi connectivity index (χ1v) is 8.41. The minimum atomic E-state index is 0.699. The van der Waals surface area contributed by atoms with Gasteiger partial charge in [-0.05, 0) is 38.2 Å². The van der Waals surface area contributed by atoms with Crippen molar-refractivity contribution in [3.8, 4) is 0 Å². The van der Waals surface area contributed by atoms with Crippen molar-refractivity contribution >= 4 is 11.8 Å². The molecule has 1 aliphatic rings. The molecule has 0 amide bonds. The van der Waals surface area contributed by atoms with Crippen LogP contribution in [0, 0.1) is 0 Å². The molecule has 3 unspecified atom stereocenters. The van der Waals surface area contributed by atoms with E-state index in [1.807, 2.05) is 0 Å². The summed E-state index contributed by atoms with van der Waals surface area (Å²) in [6.45, 7) is 11.7. The summed E-state index contributed by atoms with van der Waals surface area (Å²) in [5, 5.41) is 3.68. The lowest BCUT2D eigenvalue weighted by Crippen LogP contribution is -2.57. The second-order valence-electron chi connectivity index (χ2n) is 5.27. The van der Waals surface area contributed by atoms with Crippen molar-refractivity contribution in [1.29, 1.82) is 0 Å². The minimum Gasteiger partial charge on any atom is -0.311 e. The van der Waals surface area contributed by atoms with Gasteiger partial charge in [-0.15, -0.1) is 0 Å². The van der Waals surface area contributed by atoms with E-state index >= 15 is 0 Å². The Bertz CT molecular complexity index is 199. The van der Waals surface area contributed by atoms with Gasteiger partial charge in [0.2, 0.25) is 0 Å². The maximum Gasteiger partial charge on any atom is 0.0195 e. The fourth-order valence-corrected chi connectivity index (χ4v) is 3.47. The van der Waals surface area contributed by atoms with E-state index in [-0.39, 0.29) is 0 Å². The van der Waals surface area contributed by atoms with Crippen LogP contribution in [0.15, 0.2) is 0 Å². The Labute approximate surface area is 112 Å². The van der Waals surface area contributed by atoms with Crippen LogP contribution in [0.5, 0.6) is 0 Å². The molecule has 17 heavy (non-hydrogen) atoms. The largest absolute Gasteiger partial charge is 0.311 e. The van der Waals surface area contributed by atoms with Crippen molar-refractivity contribution < 1.29 is 0 Å². The van der Waals surface area contributed by atoms with E-state index in [9.17, 15) is 0 Å². The number of hydrogen-bond donors (Lipinski definition) is 1. The Kier molecular flexibility index (Phi) is 7.56. The van der Waals surface area contributed by atoms with Crippen molar-refractivity contribution in [2.75, 3.05) is 24.6 Å². The Morgan fingerprint density at radius 1 is 1.41 bits per heavy atom. The predicted molar refractivity (Wildman–Crippen MR) is 79.9 cm³/mol. The van der Waals surface area contributed by atoms with Gasteiger partial charge >= 0.3 is 0 Å². The van der Waals surface area contributed by atoms with Gasteiger partial charge in [0.25, 0.3) is 0 Å². The summed E-state index contributed by atoms with van der Waals surface area (Å²) in [6.07, 6.45) is 3.95. The highest BCUT2D eigenvalue weighted by Gasteiger charge is 2.27. The van der Waals surface area contributed by atoms with Crippen LogP contribution in [-0.2, 0) is 0 Å². The van der Waals surface area contributed by atoms with Crippen LogP contribution in [0.2, 0.25) is 0 Å². The van der Waals surface area contributed by atoms with Gasteiger partial charge in [0.05, 0.1) is 0 Å². The molecule has 0 aliphatic carbocycles. The third-order valence-electron chi connectivity index (χ3n) is 3.79. The highest BCUT2D eigenvalue weighted by molar-refractivity contribution is 7.99. The lowest BCUT2D eigenvalue weighted by molar-refractivity contribution is 0.0945. The molecule has 1 heterocycles. The molecule has 0 aromatic carbocycles. The predicted octanol–water partition coefficient (Wildman–Crippen LogP) is 2.98. The van der Waals surface area contributed by atoms with E-state index < -0.39 is 0 Å². The van der Waals surface area contributed by atoms with Crippen molar-refractivity contribution in [3.05, 3.63) is 0 Å². The number of piperazine rings is 1. The van der Waals surface area contributed by atoms with E-state index in [0.29, 0.717) is 6.04 Å². The van der Waals surface area contributed by atoms with Gasteiger partial charge < -0.3 is 5.32 Å². The quantitative estimate of drug-likeness (QED) is 0.707. The fraction of sp³-hybridized carbons (Fsp3) is 1.00. The molecular weight excluding hydrogens is 228 g/mol. The molecule has 0 radical (unpaired) electrons. The summed E-state index contributed by atoms with van der Waals surface area (Å²) in [5.74, 6) is 2.56. The summed E-state index contributed by atoms with van der Waals surface area (Å²) in [4.78, 5) is 2.72. The third kappa shape index (κ3) is 5.19. The monoisotopic (exact) mass is 258 g/mol. The molecule has 1 aliphatic heterocycles. The minimum absolute atomic E-state index is 0.699. The van der Waals surface area contributed by atoms with Crippen molar-refractivity contribution in [1.82, 2.24) is 10.2 Å². The van der Waals surface area contributed by atoms with Gasteiger partial charge in [-0.1, -0.05) is 20.3 Å². The molecule has 0 aromatic heterocycles. The molecule has 1 fully saturated rings. The van der Waals surface area contributed by atoms with Crippen LogP contribution < -0.4 is 5.32 Å². The van der Waals surface area contributed by atoms with Crippen molar-refractivity contribution in [3.63, 3.8) is 0 Å². The van der Waals surface area contributed by atoms with Gasteiger partial charge in [-0.2, -0.15) is 11.8 Å². The lowest BCUT2D eigenvalue weighted by atomic mass is 10.0. The number of nitrogens with zero attached hydrogens (tertiary/aromatic N) is 1. The zero-order chi connectivity index (χ0) is 12.7. The molecule has 0 bridgehead atoms. The van der Waals surface area contributed by atoms with E-state index in [4.69, 9.17) is 0 Å². The average Bonchev–Trinajstić information content (AvgIpc) is 2.32. The summed E-state index contributed by atoms with van der Waals surface area (Å²) >= 11 is 2.07. The maximum absolute atomic E-state index is 3.68. The fourth-order valence-electron chi connectivity index (χ4n) is 2.67. The van der Waals surface area contributed by atoms with Crippen molar-refractivity contribution in [2.24, 2.45) is 0 Å². The second kappa shape index (κ2) is 8.39. The Hall–Kier alpha value is 0.270. The highest BCUT2D eigenvalue weighted by Crippen LogP contribution is 2.17. The summed E-state index contributed by atoms with van der Waals surface area (Å²) in [5.41, 5.74) is 0. The van der Waals surface area contributed by atoms with Gasteiger partial charge in [0.1, 0.15) is 0 Å². The molecule has 0 spiro atoms. The topological polar surface area (TPSA) is 15.3 Å². The van der Waals surface area contributed by atoms with E-state index in [1.165, 1.54) is 37.3 Å². The number of rotatable bonds is 7. The first-order valence-electron chi connectivity index (χ1n) is 7.25. The second-order valence-corrected chi connectivity index (χ2v) is 6.67. The van der Waals surface area contributed by atoms with Gasteiger partial charge in [-0.25, -0.2) is 0 Å². The van der Waals surface area contributed by atoms with Crippen LogP contribution in [-0.4, -0.2) is 47.6 Å². The number of hydrogen-bond acceptors (Lipinski definition) is 3.